The van der Waals surface area contributed by atoms with Crippen molar-refractivity contribution in [3.8, 4) is 0 Å². The quantitative estimate of drug-likeness (QED) is 0.715. The number of rotatable bonds is 5. The molecule has 7 heteroatoms. The lowest BCUT2D eigenvalue weighted by Gasteiger charge is -2.36. The Kier molecular flexibility index (Phi) is 4.34. The number of aryl methyl sites for hydroxylation is 1. The fourth-order valence-electron chi connectivity index (χ4n) is 3.46. The lowest BCUT2D eigenvalue weighted by molar-refractivity contribution is -0.134. The third-order valence-corrected chi connectivity index (χ3v) is 5.44. The molecule has 0 bridgehead atoms. The molecule has 1 aliphatic heterocycles. The van der Waals surface area contributed by atoms with Crippen molar-refractivity contribution in [2.45, 2.75) is 44.7 Å². The van der Waals surface area contributed by atoms with E-state index >= 15 is 0 Å². The monoisotopic (exact) mass is 343 g/mol. The molecule has 0 radical (unpaired) electrons. The topological polar surface area (TPSA) is 55.4 Å². The summed E-state index contributed by atoms with van der Waals surface area (Å²) in [5.74, 6) is 0.200. The van der Waals surface area contributed by atoms with Crippen LogP contribution >= 0.6 is 11.3 Å². The van der Waals surface area contributed by atoms with Crippen LogP contribution in [0, 0.1) is 0 Å². The van der Waals surface area contributed by atoms with Gasteiger partial charge in [0.1, 0.15) is 0 Å². The second kappa shape index (κ2) is 6.76. The number of fused-ring (bicyclic) bond motifs is 1. The van der Waals surface area contributed by atoms with Crippen LogP contribution in [0.15, 0.2) is 36.2 Å². The first-order valence-corrected chi connectivity index (χ1v) is 9.35. The van der Waals surface area contributed by atoms with E-state index in [4.69, 9.17) is 0 Å². The third kappa shape index (κ3) is 3.21. The number of nitrogens with zero attached hydrogens (tertiary/aromatic N) is 5. The standard InChI is InChI=1S/C17H21N5OS/c23-16(12-14-13-20-10-11-24-17(20)19-14)22-8-2-1-4-15(22)5-9-21-7-3-6-18-21/h3,6-7,10-11,13,15H,1-2,4-5,8-9,12H2/t15-/m1/s1. The third-order valence-electron chi connectivity index (χ3n) is 4.67. The summed E-state index contributed by atoms with van der Waals surface area (Å²) in [4.78, 5) is 20.4. The van der Waals surface area contributed by atoms with Crippen molar-refractivity contribution >= 4 is 22.2 Å². The molecular formula is C17H21N5OS. The van der Waals surface area contributed by atoms with E-state index in [-0.39, 0.29) is 5.91 Å². The first-order chi connectivity index (χ1) is 11.8. The van der Waals surface area contributed by atoms with Gasteiger partial charge in [-0.15, -0.1) is 11.3 Å². The van der Waals surface area contributed by atoms with Crippen LogP contribution in [0.25, 0.3) is 4.96 Å². The average molecular weight is 343 g/mol. The number of aromatic nitrogens is 4. The molecule has 4 heterocycles. The molecule has 24 heavy (non-hydrogen) atoms. The summed E-state index contributed by atoms with van der Waals surface area (Å²) in [6.07, 6.45) is 12.5. The Morgan fingerprint density at radius 1 is 1.33 bits per heavy atom. The highest BCUT2D eigenvalue weighted by Crippen LogP contribution is 2.22. The molecule has 1 aliphatic rings. The van der Waals surface area contributed by atoms with E-state index in [1.54, 1.807) is 17.5 Å². The largest absolute Gasteiger partial charge is 0.339 e. The molecule has 0 spiro atoms. The fourth-order valence-corrected chi connectivity index (χ4v) is 4.18. The van der Waals surface area contributed by atoms with Gasteiger partial charge in [-0.05, 0) is 31.7 Å². The van der Waals surface area contributed by atoms with Gasteiger partial charge in [-0.3, -0.25) is 13.9 Å². The van der Waals surface area contributed by atoms with Crippen molar-refractivity contribution in [1.82, 2.24) is 24.1 Å². The van der Waals surface area contributed by atoms with Gasteiger partial charge in [-0.1, -0.05) is 0 Å². The Balaban J connectivity index is 1.41. The molecule has 3 aromatic rings. The predicted octanol–water partition coefficient (Wildman–Crippen LogP) is 2.61. The number of likely N-dealkylation sites (tertiary alicyclic amines) is 1. The number of hydrogen-bond donors (Lipinski definition) is 0. The maximum atomic E-state index is 12.8. The second-order valence-electron chi connectivity index (χ2n) is 6.30. The minimum atomic E-state index is 0.200. The van der Waals surface area contributed by atoms with E-state index in [0.29, 0.717) is 12.5 Å². The van der Waals surface area contributed by atoms with Crippen molar-refractivity contribution in [3.63, 3.8) is 0 Å². The number of carbonyl (C=O) groups excluding carboxylic acids is 1. The first kappa shape index (κ1) is 15.4. The normalized spacial score (nSPS) is 18.3. The van der Waals surface area contributed by atoms with Crippen molar-refractivity contribution in [2.24, 2.45) is 0 Å². The van der Waals surface area contributed by atoms with Crippen LogP contribution in [0.3, 0.4) is 0 Å². The minimum Gasteiger partial charge on any atom is -0.339 e. The van der Waals surface area contributed by atoms with E-state index in [1.165, 1.54) is 6.42 Å². The van der Waals surface area contributed by atoms with Gasteiger partial charge in [0.05, 0.1) is 12.1 Å². The van der Waals surface area contributed by atoms with Gasteiger partial charge in [0.25, 0.3) is 0 Å². The summed E-state index contributed by atoms with van der Waals surface area (Å²) in [5.41, 5.74) is 0.864. The first-order valence-electron chi connectivity index (χ1n) is 8.47. The zero-order valence-corrected chi connectivity index (χ0v) is 14.4. The van der Waals surface area contributed by atoms with Crippen molar-refractivity contribution in [3.05, 3.63) is 41.9 Å². The smallest absolute Gasteiger partial charge is 0.228 e. The molecule has 0 unspecified atom stereocenters. The van der Waals surface area contributed by atoms with Crippen molar-refractivity contribution in [1.29, 1.82) is 0 Å². The number of thiazole rings is 1. The number of hydrogen-bond acceptors (Lipinski definition) is 4. The highest BCUT2D eigenvalue weighted by Gasteiger charge is 2.27. The van der Waals surface area contributed by atoms with E-state index < -0.39 is 0 Å². The molecule has 0 saturated carbocycles. The number of carbonyl (C=O) groups is 1. The van der Waals surface area contributed by atoms with Crippen molar-refractivity contribution in [2.75, 3.05) is 6.54 Å². The average Bonchev–Trinajstić information content (AvgIpc) is 3.30. The Hall–Kier alpha value is -2.15. The Morgan fingerprint density at radius 2 is 2.29 bits per heavy atom. The van der Waals surface area contributed by atoms with Crippen LogP contribution < -0.4 is 0 Å². The zero-order chi connectivity index (χ0) is 16.4. The molecule has 1 atom stereocenters. The lowest BCUT2D eigenvalue weighted by atomic mass is 9.98. The zero-order valence-electron chi connectivity index (χ0n) is 13.5. The van der Waals surface area contributed by atoms with E-state index in [9.17, 15) is 4.79 Å². The van der Waals surface area contributed by atoms with Gasteiger partial charge in [-0.2, -0.15) is 5.10 Å². The van der Waals surface area contributed by atoms with Gasteiger partial charge < -0.3 is 4.90 Å². The molecular weight excluding hydrogens is 322 g/mol. The summed E-state index contributed by atoms with van der Waals surface area (Å²) in [5, 5.41) is 6.26. The number of amides is 1. The summed E-state index contributed by atoms with van der Waals surface area (Å²) in [6, 6.07) is 2.26. The molecule has 126 valence electrons. The van der Waals surface area contributed by atoms with Crippen LogP contribution in [0.2, 0.25) is 0 Å². The maximum absolute atomic E-state index is 12.8. The molecule has 0 aromatic carbocycles. The molecule has 3 aromatic heterocycles. The molecule has 6 nitrogen and oxygen atoms in total. The summed E-state index contributed by atoms with van der Waals surface area (Å²) >= 11 is 1.60. The van der Waals surface area contributed by atoms with Crippen LogP contribution in [-0.2, 0) is 17.8 Å². The SMILES string of the molecule is O=C(Cc1cn2ccsc2n1)N1CCCC[C@@H]1CCn1cccn1. The molecule has 1 fully saturated rings. The molecule has 4 rings (SSSR count). The van der Waals surface area contributed by atoms with Crippen LogP contribution in [0.4, 0.5) is 0 Å². The van der Waals surface area contributed by atoms with Crippen molar-refractivity contribution < 1.29 is 4.79 Å². The summed E-state index contributed by atoms with van der Waals surface area (Å²) in [6.45, 7) is 1.73. The fraction of sp³-hybridized carbons (Fsp3) is 0.471. The van der Waals surface area contributed by atoms with Gasteiger partial charge in [0.15, 0.2) is 4.96 Å². The van der Waals surface area contributed by atoms with E-state index in [1.807, 2.05) is 39.1 Å². The van der Waals surface area contributed by atoms with Crippen LogP contribution in [0.1, 0.15) is 31.4 Å². The Morgan fingerprint density at radius 3 is 3.12 bits per heavy atom. The van der Waals surface area contributed by atoms with Gasteiger partial charge in [-0.25, -0.2) is 4.98 Å². The molecule has 0 N–H and O–H groups in total. The van der Waals surface area contributed by atoms with Gasteiger partial charge in [0.2, 0.25) is 5.91 Å². The van der Waals surface area contributed by atoms with E-state index in [2.05, 4.69) is 15.0 Å². The highest BCUT2D eigenvalue weighted by molar-refractivity contribution is 7.15. The van der Waals surface area contributed by atoms with E-state index in [0.717, 1.165) is 43.0 Å². The van der Waals surface area contributed by atoms with Gasteiger partial charge in [0, 0.05) is 49.3 Å². The Bertz CT molecular complexity index is 778. The van der Waals surface area contributed by atoms with Crippen LogP contribution in [-0.4, -0.2) is 42.6 Å². The minimum absolute atomic E-state index is 0.200. The van der Waals surface area contributed by atoms with Gasteiger partial charge >= 0.3 is 0 Å². The van der Waals surface area contributed by atoms with Crippen LogP contribution in [0.5, 0.6) is 0 Å². The highest BCUT2D eigenvalue weighted by atomic mass is 32.1. The predicted molar refractivity (Wildman–Crippen MR) is 93.0 cm³/mol. The Labute approximate surface area is 144 Å². The number of imidazole rings is 1. The number of piperidine rings is 1. The summed E-state index contributed by atoms with van der Waals surface area (Å²) < 4.78 is 3.93. The molecule has 1 saturated heterocycles. The second-order valence-corrected chi connectivity index (χ2v) is 7.17. The molecule has 1 amide bonds. The molecule has 0 aliphatic carbocycles. The summed E-state index contributed by atoms with van der Waals surface area (Å²) in [7, 11) is 0. The maximum Gasteiger partial charge on any atom is 0.228 e. The lowest BCUT2D eigenvalue weighted by Crippen LogP contribution is -2.45.